The van der Waals surface area contributed by atoms with Crippen molar-refractivity contribution in [2.24, 2.45) is 0 Å². The topological polar surface area (TPSA) is 42.0 Å². The van der Waals surface area contributed by atoms with E-state index in [4.69, 9.17) is 0 Å². The number of pyridine rings is 1. The summed E-state index contributed by atoms with van der Waals surface area (Å²) in [5, 5.41) is 3.97. The molecule has 0 spiro atoms. The zero-order valence-corrected chi connectivity index (χ0v) is 11.3. The van der Waals surface area contributed by atoms with Gasteiger partial charge < -0.3 is 5.32 Å². The highest BCUT2D eigenvalue weighted by molar-refractivity contribution is 6.00. The zero-order chi connectivity index (χ0) is 13.7. The normalized spacial score (nSPS) is 11.6. The van der Waals surface area contributed by atoms with Crippen molar-refractivity contribution in [3.63, 3.8) is 0 Å². The number of fused-ring (bicyclic) bond motifs is 1. The van der Waals surface area contributed by atoms with Gasteiger partial charge in [0.1, 0.15) is 0 Å². The number of benzene rings is 1. The van der Waals surface area contributed by atoms with Crippen molar-refractivity contribution in [3.05, 3.63) is 48.2 Å². The Morgan fingerprint density at radius 3 is 2.84 bits per heavy atom. The molecule has 0 saturated heterocycles. The van der Waals surface area contributed by atoms with E-state index in [1.54, 1.807) is 6.20 Å². The van der Waals surface area contributed by atoms with Crippen LogP contribution in [-0.4, -0.2) is 10.9 Å². The van der Waals surface area contributed by atoms with Gasteiger partial charge in [-0.05, 0) is 25.5 Å². The summed E-state index contributed by atoms with van der Waals surface area (Å²) in [7, 11) is 0. The number of nitrogens with zero attached hydrogens (tertiary/aromatic N) is 1. The second-order valence-corrected chi connectivity index (χ2v) is 4.41. The number of rotatable bonds is 4. The van der Waals surface area contributed by atoms with Gasteiger partial charge in [0.15, 0.2) is 0 Å². The van der Waals surface area contributed by atoms with Crippen LogP contribution in [0.1, 0.15) is 26.7 Å². The maximum absolute atomic E-state index is 12.0. The van der Waals surface area contributed by atoms with Gasteiger partial charge in [0, 0.05) is 18.0 Å². The standard InChI is InChI=1S/C16H18N2O/c1-3-12(4-2)11-15(19)18-14-9-5-7-13-8-6-10-17-16(13)14/h3,5-10H,4,11H2,1-2H3,(H,18,19)/b12-3-. The molecule has 1 N–H and O–H groups in total. The molecule has 2 aromatic rings. The van der Waals surface area contributed by atoms with Crippen LogP contribution in [-0.2, 0) is 4.79 Å². The molecule has 98 valence electrons. The van der Waals surface area contributed by atoms with Crippen molar-refractivity contribution in [1.29, 1.82) is 0 Å². The second-order valence-electron chi connectivity index (χ2n) is 4.41. The number of nitrogens with one attached hydrogen (secondary N) is 1. The molecule has 0 unspecified atom stereocenters. The van der Waals surface area contributed by atoms with Gasteiger partial charge in [-0.2, -0.15) is 0 Å². The van der Waals surface area contributed by atoms with Gasteiger partial charge in [-0.3, -0.25) is 9.78 Å². The summed E-state index contributed by atoms with van der Waals surface area (Å²) >= 11 is 0. The molecule has 1 aromatic carbocycles. The minimum atomic E-state index is 0.00750. The van der Waals surface area contributed by atoms with Crippen LogP contribution in [0.15, 0.2) is 48.2 Å². The van der Waals surface area contributed by atoms with Gasteiger partial charge >= 0.3 is 0 Å². The van der Waals surface area contributed by atoms with Gasteiger partial charge in [0.2, 0.25) is 5.91 Å². The summed E-state index contributed by atoms with van der Waals surface area (Å²) < 4.78 is 0. The number of allylic oxidation sites excluding steroid dienone is 1. The average Bonchev–Trinajstić information content (AvgIpc) is 2.45. The Bertz CT molecular complexity index is 612. The molecule has 3 nitrogen and oxygen atoms in total. The van der Waals surface area contributed by atoms with E-state index in [0.717, 1.165) is 28.6 Å². The highest BCUT2D eigenvalue weighted by Crippen LogP contribution is 2.21. The summed E-state index contributed by atoms with van der Waals surface area (Å²) in [6.45, 7) is 4.02. The van der Waals surface area contributed by atoms with Gasteiger partial charge in [-0.1, -0.05) is 36.8 Å². The molecular formula is C16H18N2O. The summed E-state index contributed by atoms with van der Waals surface area (Å²) in [5.41, 5.74) is 2.75. The highest BCUT2D eigenvalue weighted by atomic mass is 16.1. The fraction of sp³-hybridized carbons (Fsp3) is 0.250. The third kappa shape index (κ3) is 3.19. The van der Waals surface area contributed by atoms with Crippen LogP contribution >= 0.6 is 0 Å². The predicted octanol–water partition coefficient (Wildman–Crippen LogP) is 3.92. The van der Waals surface area contributed by atoms with E-state index in [1.165, 1.54) is 0 Å². The lowest BCUT2D eigenvalue weighted by Gasteiger charge is -2.08. The maximum Gasteiger partial charge on any atom is 0.228 e. The molecule has 1 heterocycles. The Kier molecular flexibility index (Phi) is 4.29. The summed E-state index contributed by atoms with van der Waals surface area (Å²) in [5.74, 6) is 0.00750. The zero-order valence-electron chi connectivity index (χ0n) is 11.3. The molecule has 1 aromatic heterocycles. The van der Waals surface area contributed by atoms with Crippen LogP contribution < -0.4 is 5.32 Å². The Hall–Kier alpha value is -2.16. The fourth-order valence-corrected chi connectivity index (χ4v) is 2.04. The van der Waals surface area contributed by atoms with E-state index in [9.17, 15) is 4.79 Å². The van der Waals surface area contributed by atoms with Gasteiger partial charge in [0.05, 0.1) is 11.2 Å². The molecule has 0 aliphatic rings. The molecule has 19 heavy (non-hydrogen) atoms. The van der Waals surface area contributed by atoms with Crippen LogP contribution in [0.3, 0.4) is 0 Å². The minimum absolute atomic E-state index is 0.00750. The van der Waals surface area contributed by atoms with Gasteiger partial charge in [-0.25, -0.2) is 0 Å². The molecule has 1 amide bonds. The first-order chi connectivity index (χ1) is 9.24. The summed E-state index contributed by atoms with van der Waals surface area (Å²) in [6, 6.07) is 9.68. The van der Waals surface area contributed by atoms with E-state index < -0.39 is 0 Å². The van der Waals surface area contributed by atoms with Crippen LogP contribution in [0.25, 0.3) is 10.9 Å². The van der Waals surface area contributed by atoms with Crippen molar-refractivity contribution in [3.8, 4) is 0 Å². The molecule has 0 bridgehead atoms. The van der Waals surface area contributed by atoms with E-state index in [2.05, 4.69) is 17.2 Å². The van der Waals surface area contributed by atoms with Crippen molar-refractivity contribution in [2.75, 3.05) is 5.32 Å². The molecule has 0 saturated carbocycles. The SMILES string of the molecule is C/C=C(/CC)CC(=O)Nc1cccc2cccnc12. The number of amides is 1. The Morgan fingerprint density at radius 2 is 2.11 bits per heavy atom. The van der Waals surface area contributed by atoms with Crippen LogP contribution in [0, 0.1) is 0 Å². The van der Waals surface area contributed by atoms with Crippen LogP contribution in [0.2, 0.25) is 0 Å². The maximum atomic E-state index is 12.0. The van der Waals surface area contributed by atoms with Crippen molar-refractivity contribution >= 4 is 22.5 Å². The van der Waals surface area contributed by atoms with E-state index in [1.807, 2.05) is 43.3 Å². The largest absolute Gasteiger partial charge is 0.324 e. The predicted molar refractivity (Wildman–Crippen MR) is 79.0 cm³/mol. The molecule has 0 fully saturated rings. The van der Waals surface area contributed by atoms with Gasteiger partial charge in [-0.15, -0.1) is 0 Å². The van der Waals surface area contributed by atoms with E-state index >= 15 is 0 Å². The van der Waals surface area contributed by atoms with Crippen LogP contribution in [0.5, 0.6) is 0 Å². The molecule has 0 aliphatic heterocycles. The van der Waals surface area contributed by atoms with E-state index in [-0.39, 0.29) is 5.91 Å². The molecule has 3 heteroatoms. The lowest BCUT2D eigenvalue weighted by atomic mass is 10.1. The fourth-order valence-electron chi connectivity index (χ4n) is 2.04. The van der Waals surface area contributed by atoms with Crippen LogP contribution in [0.4, 0.5) is 5.69 Å². The smallest absolute Gasteiger partial charge is 0.228 e. The number of hydrogen-bond acceptors (Lipinski definition) is 2. The van der Waals surface area contributed by atoms with Crippen molar-refractivity contribution in [1.82, 2.24) is 4.98 Å². The first-order valence-electron chi connectivity index (χ1n) is 6.52. The lowest BCUT2D eigenvalue weighted by molar-refractivity contribution is -0.115. The average molecular weight is 254 g/mol. The molecule has 0 radical (unpaired) electrons. The van der Waals surface area contributed by atoms with Gasteiger partial charge in [0.25, 0.3) is 0 Å². The second kappa shape index (κ2) is 6.14. The Labute approximate surface area is 113 Å². The molecular weight excluding hydrogens is 236 g/mol. The summed E-state index contributed by atoms with van der Waals surface area (Å²) in [4.78, 5) is 16.3. The minimum Gasteiger partial charge on any atom is -0.324 e. The molecule has 0 atom stereocenters. The number of aromatic nitrogens is 1. The first-order valence-corrected chi connectivity index (χ1v) is 6.52. The Morgan fingerprint density at radius 1 is 1.32 bits per heavy atom. The third-order valence-electron chi connectivity index (χ3n) is 3.16. The van der Waals surface area contributed by atoms with Crippen molar-refractivity contribution in [2.45, 2.75) is 26.7 Å². The molecule has 0 aliphatic carbocycles. The summed E-state index contributed by atoms with van der Waals surface area (Å²) in [6.07, 6.45) is 5.08. The quantitative estimate of drug-likeness (QED) is 0.840. The number of anilines is 1. The highest BCUT2D eigenvalue weighted by Gasteiger charge is 2.07. The first kappa shape index (κ1) is 13.3. The number of carbonyl (C=O) groups is 1. The number of carbonyl (C=O) groups excluding carboxylic acids is 1. The van der Waals surface area contributed by atoms with Crippen molar-refractivity contribution < 1.29 is 4.79 Å². The molecule has 2 rings (SSSR count). The number of hydrogen-bond donors (Lipinski definition) is 1. The lowest BCUT2D eigenvalue weighted by Crippen LogP contribution is -2.12. The Balaban J connectivity index is 2.20. The monoisotopic (exact) mass is 254 g/mol. The third-order valence-corrected chi connectivity index (χ3v) is 3.16. The number of para-hydroxylation sites is 1. The van der Waals surface area contributed by atoms with E-state index in [0.29, 0.717) is 6.42 Å².